The van der Waals surface area contributed by atoms with Crippen LogP contribution in [0.5, 0.6) is 0 Å². The van der Waals surface area contributed by atoms with Gasteiger partial charge >= 0.3 is 6.18 Å². The van der Waals surface area contributed by atoms with E-state index in [1.54, 1.807) is 30.1 Å². The van der Waals surface area contributed by atoms with Gasteiger partial charge < -0.3 is 4.57 Å². The average Bonchev–Trinajstić information content (AvgIpc) is 2.58. The number of aromatic nitrogens is 1. The molecule has 0 spiro atoms. The van der Waals surface area contributed by atoms with E-state index < -0.39 is 11.7 Å². The van der Waals surface area contributed by atoms with E-state index in [9.17, 15) is 18.0 Å². The van der Waals surface area contributed by atoms with Gasteiger partial charge in [-0.1, -0.05) is 44.0 Å². The van der Waals surface area contributed by atoms with Crippen molar-refractivity contribution >= 4 is 31.9 Å². The molecule has 3 atom stereocenters. The van der Waals surface area contributed by atoms with Crippen molar-refractivity contribution in [3.05, 3.63) is 58.0 Å². The molecule has 26 heavy (non-hydrogen) atoms. The van der Waals surface area contributed by atoms with Gasteiger partial charge in [0.15, 0.2) is 5.43 Å². The molecule has 3 rings (SSSR count). The van der Waals surface area contributed by atoms with Crippen LogP contribution in [-0.2, 0) is 13.2 Å². The zero-order valence-corrected chi connectivity index (χ0v) is 17.2. The Kier molecular flexibility index (Phi) is 5.68. The zero-order valence-electron chi connectivity index (χ0n) is 14.1. The SMILES string of the molecule is Cn1cc(-c2cccc(C(F)(F)F)c2)c(=O)c(C2CCC(Br)C(Br)C2)c1. The first-order valence-corrected chi connectivity index (χ1v) is 10.2. The number of halogens is 5. The van der Waals surface area contributed by atoms with Gasteiger partial charge in [0.2, 0.25) is 0 Å². The molecule has 1 aliphatic carbocycles. The van der Waals surface area contributed by atoms with Crippen LogP contribution >= 0.6 is 31.9 Å². The Labute approximate surface area is 166 Å². The summed E-state index contributed by atoms with van der Waals surface area (Å²) in [6.07, 6.45) is 1.60. The van der Waals surface area contributed by atoms with E-state index in [1.807, 2.05) is 0 Å². The third-order valence-electron chi connectivity index (χ3n) is 4.82. The summed E-state index contributed by atoms with van der Waals surface area (Å²) < 4.78 is 40.8. The highest BCUT2D eigenvalue weighted by Crippen LogP contribution is 2.38. The van der Waals surface area contributed by atoms with Gasteiger partial charge in [-0.15, -0.1) is 0 Å². The minimum Gasteiger partial charge on any atom is -0.356 e. The molecule has 0 saturated heterocycles. The maximum Gasteiger partial charge on any atom is 0.416 e. The first-order chi connectivity index (χ1) is 12.2. The predicted molar refractivity (Wildman–Crippen MR) is 104 cm³/mol. The fraction of sp³-hybridized carbons (Fsp3) is 0.421. The van der Waals surface area contributed by atoms with E-state index in [2.05, 4.69) is 31.9 Å². The number of nitrogens with zero attached hydrogens (tertiary/aromatic N) is 1. The van der Waals surface area contributed by atoms with Crippen molar-refractivity contribution in [2.75, 3.05) is 0 Å². The predicted octanol–water partition coefficient (Wildman–Crippen LogP) is 5.87. The molecule has 2 nitrogen and oxygen atoms in total. The molecule has 1 aliphatic rings. The Bertz CT molecular complexity index is 863. The van der Waals surface area contributed by atoms with E-state index >= 15 is 0 Å². The minimum atomic E-state index is -4.43. The van der Waals surface area contributed by atoms with E-state index in [0.29, 0.717) is 21.5 Å². The number of benzene rings is 1. The normalized spacial score (nSPS) is 23.8. The lowest BCUT2D eigenvalue weighted by molar-refractivity contribution is -0.137. The topological polar surface area (TPSA) is 22.0 Å². The van der Waals surface area contributed by atoms with Gasteiger partial charge in [0.1, 0.15) is 0 Å². The number of hydrogen-bond acceptors (Lipinski definition) is 1. The molecule has 140 valence electrons. The van der Waals surface area contributed by atoms with Crippen LogP contribution in [0.15, 0.2) is 41.5 Å². The second-order valence-electron chi connectivity index (χ2n) is 6.74. The van der Waals surface area contributed by atoms with Crippen LogP contribution in [0.1, 0.15) is 36.3 Å². The largest absolute Gasteiger partial charge is 0.416 e. The number of pyridine rings is 1. The smallest absolute Gasteiger partial charge is 0.356 e. The Morgan fingerprint density at radius 2 is 1.85 bits per heavy atom. The van der Waals surface area contributed by atoms with Crippen LogP contribution in [0, 0.1) is 0 Å². The number of hydrogen-bond donors (Lipinski definition) is 0. The molecular weight excluding hydrogens is 475 g/mol. The van der Waals surface area contributed by atoms with E-state index in [4.69, 9.17) is 0 Å². The lowest BCUT2D eigenvalue weighted by Gasteiger charge is -2.30. The lowest BCUT2D eigenvalue weighted by atomic mass is 9.83. The van der Waals surface area contributed by atoms with Crippen LogP contribution < -0.4 is 5.43 Å². The molecule has 1 aromatic heterocycles. The first-order valence-electron chi connectivity index (χ1n) is 8.32. The van der Waals surface area contributed by atoms with Gasteiger partial charge in [-0.3, -0.25) is 4.79 Å². The van der Waals surface area contributed by atoms with Gasteiger partial charge in [0, 0.05) is 40.2 Å². The van der Waals surface area contributed by atoms with Gasteiger partial charge in [-0.2, -0.15) is 13.2 Å². The maximum absolute atomic E-state index is 13.0. The molecule has 0 radical (unpaired) electrons. The van der Waals surface area contributed by atoms with Crippen molar-refractivity contribution in [1.29, 1.82) is 0 Å². The fourth-order valence-electron chi connectivity index (χ4n) is 3.45. The van der Waals surface area contributed by atoms with Crippen LogP contribution in [0.3, 0.4) is 0 Å². The maximum atomic E-state index is 13.0. The number of alkyl halides is 5. The summed E-state index contributed by atoms with van der Waals surface area (Å²) in [5, 5.41) is 0. The van der Waals surface area contributed by atoms with Crippen molar-refractivity contribution in [2.45, 2.75) is 41.0 Å². The molecule has 0 amide bonds. The zero-order chi connectivity index (χ0) is 19.1. The highest BCUT2D eigenvalue weighted by molar-refractivity contribution is 9.12. The second kappa shape index (κ2) is 7.50. The van der Waals surface area contributed by atoms with Crippen molar-refractivity contribution in [3.8, 4) is 11.1 Å². The monoisotopic (exact) mass is 491 g/mol. The summed E-state index contributed by atoms with van der Waals surface area (Å²) >= 11 is 7.28. The third-order valence-corrected chi connectivity index (χ3v) is 7.63. The highest BCUT2D eigenvalue weighted by atomic mass is 79.9. The Hall–Kier alpha value is -1.08. The number of rotatable bonds is 2. The van der Waals surface area contributed by atoms with E-state index in [1.165, 1.54) is 6.07 Å². The van der Waals surface area contributed by atoms with Gasteiger partial charge in [0.25, 0.3) is 0 Å². The van der Waals surface area contributed by atoms with Crippen molar-refractivity contribution in [2.24, 2.45) is 7.05 Å². The molecule has 2 aromatic rings. The molecule has 1 heterocycles. The molecule has 0 aliphatic heterocycles. The van der Waals surface area contributed by atoms with Crippen molar-refractivity contribution in [3.63, 3.8) is 0 Å². The Morgan fingerprint density at radius 3 is 2.50 bits per heavy atom. The van der Waals surface area contributed by atoms with Crippen molar-refractivity contribution < 1.29 is 13.2 Å². The molecule has 1 saturated carbocycles. The van der Waals surface area contributed by atoms with Crippen LogP contribution in [0.2, 0.25) is 0 Å². The Morgan fingerprint density at radius 1 is 1.12 bits per heavy atom. The summed E-state index contributed by atoms with van der Waals surface area (Å²) in [4.78, 5) is 13.7. The molecule has 1 fully saturated rings. The summed E-state index contributed by atoms with van der Waals surface area (Å²) in [7, 11) is 1.79. The minimum absolute atomic E-state index is 0.0950. The van der Waals surface area contributed by atoms with Crippen LogP contribution in [0.4, 0.5) is 13.2 Å². The molecular formula is C19H18Br2F3NO. The fourth-order valence-corrected chi connectivity index (χ4v) is 4.65. The van der Waals surface area contributed by atoms with Gasteiger partial charge in [-0.25, -0.2) is 0 Å². The van der Waals surface area contributed by atoms with Gasteiger partial charge in [-0.05, 0) is 42.9 Å². The van der Waals surface area contributed by atoms with E-state index in [-0.39, 0.29) is 16.2 Å². The summed E-state index contributed by atoms with van der Waals surface area (Å²) in [6.45, 7) is 0. The van der Waals surface area contributed by atoms with Crippen molar-refractivity contribution in [1.82, 2.24) is 4.57 Å². The van der Waals surface area contributed by atoms with Crippen LogP contribution in [0.25, 0.3) is 11.1 Å². The molecule has 0 bridgehead atoms. The number of aryl methyl sites for hydroxylation is 1. The molecule has 1 aromatic carbocycles. The highest BCUT2D eigenvalue weighted by Gasteiger charge is 2.32. The second-order valence-corrected chi connectivity index (χ2v) is 9.09. The molecule has 0 N–H and O–H groups in total. The lowest BCUT2D eigenvalue weighted by Crippen LogP contribution is -2.28. The summed E-state index contributed by atoms with van der Waals surface area (Å²) in [6, 6.07) is 4.96. The van der Waals surface area contributed by atoms with Gasteiger partial charge in [0.05, 0.1) is 5.56 Å². The Balaban J connectivity index is 2.05. The summed E-state index contributed by atoms with van der Waals surface area (Å²) in [5.74, 6) is 0.0950. The average molecular weight is 493 g/mol. The van der Waals surface area contributed by atoms with E-state index in [0.717, 1.165) is 31.4 Å². The summed E-state index contributed by atoms with van der Waals surface area (Å²) in [5.41, 5.74) is 0.351. The molecule has 3 unspecified atom stereocenters. The first kappa shape index (κ1) is 19.7. The third kappa shape index (κ3) is 4.09. The molecule has 7 heteroatoms. The quantitative estimate of drug-likeness (QED) is 0.481. The standard InChI is InChI=1S/C19H18Br2F3NO/c1-25-9-14(11-3-2-4-13(7-11)19(22,23)24)18(26)15(10-25)12-5-6-16(20)17(21)8-12/h2-4,7,9-10,12,16-17H,5-6,8H2,1H3. The van der Waals surface area contributed by atoms with Crippen LogP contribution in [-0.4, -0.2) is 14.2 Å².